The third-order valence-corrected chi connectivity index (χ3v) is 6.12. The van der Waals surface area contributed by atoms with Crippen LogP contribution < -0.4 is 0 Å². The van der Waals surface area contributed by atoms with Crippen LogP contribution in [0, 0.1) is 0 Å². The van der Waals surface area contributed by atoms with Gasteiger partial charge in [-0.1, -0.05) is 97.1 Å². The maximum atomic E-state index is 6.01. The van der Waals surface area contributed by atoms with E-state index in [-0.39, 0.29) is 0 Å². The van der Waals surface area contributed by atoms with Crippen LogP contribution in [0.4, 0.5) is 0 Å². The van der Waals surface area contributed by atoms with E-state index in [9.17, 15) is 0 Å². The zero-order chi connectivity index (χ0) is 24.4. The molecular formula is C32H32O4. The van der Waals surface area contributed by atoms with Gasteiger partial charge in [0.2, 0.25) is 0 Å². The molecule has 0 amide bonds. The summed E-state index contributed by atoms with van der Waals surface area (Å²) in [5.74, 6) is 0. The average Bonchev–Trinajstić information content (AvgIpc) is 2.90. The van der Waals surface area contributed by atoms with Gasteiger partial charge >= 0.3 is 0 Å². The molecule has 0 aliphatic carbocycles. The zero-order valence-corrected chi connectivity index (χ0v) is 20.5. The van der Waals surface area contributed by atoms with Gasteiger partial charge in [-0.15, -0.1) is 0 Å². The topological polar surface area (TPSA) is 36.9 Å². The van der Waals surface area contributed by atoms with Crippen LogP contribution in [0.3, 0.4) is 0 Å². The number of hydrogen-bond donors (Lipinski definition) is 0. The summed E-state index contributed by atoms with van der Waals surface area (Å²) in [4.78, 5) is 0. The van der Waals surface area contributed by atoms with Crippen LogP contribution in [0.5, 0.6) is 0 Å². The molecule has 0 atom stereocenters. The summed E-state index contributed by atoms with van der Waals surface area (Å²) < 4.78 is 24.1. The number of benzene rings is 4. The molecule has 0 spiro atoms. The molecule has 8 bridgehead atoms. The van der Waals surface area contributed by atoms with Crippen molar-refractivity contribution in [1.82, 2.24) is 0 Å². The molecule has 0 unspecified atom stereocenters. The third kappa shape index (κ3) is 7.36. The molecule has 0 saturated carbocycles. The minimum Gasteiger partial charge on any atom is -0.372 e. The predicted molar refractivity (Wildman–Crippen MR) is 140 cm³/mol. The Labute approximate surface area is 213 Å². The van der Waals surface area contributed by atoms with Crippen molar-refractivity contribution in [1.29, 1.82) is 0 Å². The van der Waals surface area contributed by atoms with Crippen LogP contribution in [-0.2, 0) is 71.8 Å². The highest BCUT2D eigenvalue weighted by Crippen LogP contribution is 2.16. The second-order valence-corrected chi connectivity index (χ2v) is 9.25. The lowest BCUT2D eigenvalue weighted by molar-refractivity contribution is 0.0993. The van der Waals surface area contributed by atoms with Gasteiger partial charge in [-0.25, -0.2) is 0 Å². The number of rotatable bonds is 0. The first-order chi connectivity index (χ1) is 17.8. The Morgan fingerprint density at radius 3 is 0.611 bits per heavy atom. The van der Waals surface area contributed by atoms with E-state index in [1.165, 1.54) is 0 Å². The Hall–Kier alpha value is -3.28. The fourth-order valence-corrected chi connectivity index (χ4v) is 4.38. The fraction of sp³-hybridized carbons (Fsp3) is 0.250. The van der Waals surface area contributed by atoms with Gasteiger partial charge in [-0.05, 0) is 44.5 Å². The molecule has 4 aromatic carbocycles. The number of hydrogen-bond acceptors (Lipinski definition) is 4. The molecule has 0 aromatic heterocycles. The molecule has 5 rings (SSSR count). The molecule has 1 aliphatic rings. The molecule has 0 fully saturated rings. The monoisotopic (exact) mass is 480 g/mol. The lowest BCUT2D eigenvalue weighted by Crippen LogP contribution is -2.00. The molecule has 36 heavy (non-hydrogen) atoms. The van der Waals surface area contributed by atoms with Gasteiger partial charge in [0.15, 0.2) is 0 Å². The van der Waals surface area contributed by atoms with Crippen LogP contribution in [0.1, 0.15) is 44.5 Å². The van der Waals surface area contributed by atoms with Crippen molar-refractivity contribution in [2.75, 3.05) is 0 Å². The fourth-order valence-electron chi connectivity index (χ4n) is 4.38. The summed E-state index contributed by atoms with van der Waals surface area (Å²) >= 11 is 0. The van der Waals surface area contributed by atoms with E-state index in [0.717, 1.165) is 44.5 Å². The number of fused-ring (bicyclic) bond motifs is 8. The van der Waals surface area contributed by atoms with Crippen LogP contribution in [-0.4, -0.2) is 0 Å². The summed E-state index contributed by atoms with van der Waals surface area (Å²) in [6.07, 6.45) is 0. The maximum absolute atomic E-state index is 6.01. The van der Waals surface area contributed by atoms with Crippen molar-refractivity contribution < 1.29 is 18.9 Å². The molecule has 0 radical (unpaired) electrons. The highest BCUT2D eigenvalue weighted by molar-refractivity contribution is 5.26. The van der Waals surface area contributed by atoms with Crippen LogP contribution in [0.25, 0.3) is 0 Å². The minimum absolute atomic E-state index is 0.562. The Morgan fingerprint density at radius 1 is 0.278 bits per heavy atom. The molecule has 4 aromatic rings. The van der Waals surface area contributed by atoms with E-state index in [1.807, 2.05) is 0 Å². The quantitative estimate of drug-likeness (QED) is 0.275. The van der Waals surface area contributed by atoms with E-state index >= 15 is 0 Å². The predicted octanol–water partition coefficient (Wildman–Crippen LogP) is 6.87. The molecule has 1 aliphatic heterocycles. The van der Waals surface area contributed by atoms with Gasteiger partial charge in [0.25, 0.3) is 0 Å². The molecule has 4 nitrogen and oxygen atoms in total. The van der Waals surface area contributed by atoms with Crippen molar-refractivity contribution in [3.8, 4) is 0 Å². The minimum atomic E-state index is 0.562. The third-order valence-electron chi connectivity index (χ3n) is 6.12. The van der Waals surface area contributed by atoms with E-state index < -0.39 is 0 Å². The average molecular weight is 481 g/mol. The lowest BCUT2D eigenvalue weighted by atomic mass is 10.1. The number of ether oxygens (including phenoxy) is 4. The van der Waals surface area contributed by atoms with Gasteiger partial charge in [-0.2, -0.15) is 0 Å². The van der Waals surface area contributed by atoms with Gasteiger partial charge in [0, 0.05) is 0 Å². The zero-order valence-electron chi connectivity index (χ0n) is 20.5. The second kappa shape index (κ2) is 12.6. The first-order valence-corrected chi connectivity index (χ1v) is 12.4. The molecule has 0 saturated heterocycles. The molecule has 4 heteroatoms. The van der Waals surface area contributed by atoms with E-state index in [4.69, 9.17) is 18.9 Å². The Bertz CT molecular complexity index is 991. The first kappa shape index (κ1) is 24.4. The summed E-state index contributed by atoms with van der Waals surface area (Å²) in [6, 6.07) is 33.6. The van der Waals surface area contributed by atoms with Crippen molar-refractivity contribution in [3.05, 3.63) is 142 Å². The molecule has 0 N–H and O–H groups in total. The Kier molecular flexibility index (Phi) is 8.55. The smallest absolute Gasteiger partial charge is 0.0721 e. The van der Waals surface area contributed by atoms with Crippen LogP contribution in [0.15, 0.2) is 97.1 Å². The van der Waals surface area contributed by atoms with Crippen molar-refractivity contribution in [3.63, 3.8) is 0 Å². The van der Waals surface area contributed by atoms with E-state index in [0.29, 0.717) is 52.9 Å². The van der Waals surface area contributed by atoms with Gasteiger partial charge in [-0.3, -0.25) is 0 Å². The van der Waals surface area contributed by atoms with Crippen LogP contribution in [0.2, 0.25) is 0 Å². The van der Waals surface area contributed by atoms with Gasteiger partial charge < -0.3 is 18.9 Å². The molecule has 184 valence electrons. The summed E-state index contributed by atoms with van der Waals surface area (Å²) in [7, 11) is 0. The Morgan fingerprint density at radius 2 is 0.444 bits per heavy atom. The Balaban J connectivity index is 1.30. The summed E-state index contributed by atoms with van der Waals surface area (Å²) in [5, 5.41) is 0. The highest BCUT2D eigenvalue weighted by Gasteiger charge is 2.04. The van der Waals surface area contributed by atoms with Gasteiger partial charge in [0.1, 0.15) is 0 Å². The van der Waals surface area contributed by atoms with E-state index in [1.54, 1.807) is 0 Å². The second-order valence-electron chi connectivity index (χ2n) is 9.25. The maximum Gasteiger partial charge on any atom is 0.0721 e. The highest BCUT2D eigenvalue weighted by atomic mass is 16.5. The summed E-state index contributed by atoms with van der Waals surface area (Å²) in [6.45, 7) is 4.50. The summed E-state index contributed by atoms with van der Waals surface area (Å²) in [5.41, 5.74) is 9.16. The van der Waals surface area contributed by atoms with Crippen molar-refractivity contribution in [2.24, 2.45) is 0 Å². The van der Waals surface area contributed by atoms with Crippen molar-refractivity contribution in [2.45, 2.75) is 52.9 Å². The standard InChI is InChI=1S/C32H32O4/c1-5-25-13-26(6-1)18-34-20-28-8-3-10-30(15-28)22-36-24-32-12-4-11-31(16-32)23-35-21-29-9-2-7-27(14-29)19-33-17-25/h1-16H,17-24H2. The lowest BCUT2D eigenvalue weighted by Gasteiger charge is -2.11. The first-order valence-electron chi connectivity index (χ1n) is 12.4. The SMILES string of the molecule is c1cc2cc(c1)COCc1cccc(c1)COCc1cccc(c1)COCc1cccc(c1)COC2. The largest absolute Gasteiger partial charge is 0.372 e. The normalized spacial score (nSPS) is 15.6. The van der Waals surface area contributed by atoms with Gasteiger partial charge in [0.05, 0.1) is 52.9 Å². The van der Waals surface area contributed by atoms with Crippen molar-refractivity contribution >= 4 is 0 Å². The molecular weight excluding hydrogens is 448 g/mol. The molecule has 1 heterocycles. The van der Waals surface area contributed by atoms with E-state index in [2.05, 4.69) is 97.1 Å². The van der Waals surface area contributed by atoms with Crippen LogP contribution >= 0.6 is 0 Å².